The molecule has 0 bridgehead atoms. The van der Waals surface area contributed by atoms with Crippen LogP contribution in [0.4, 0.5) is 15.8 Å². The van der Waals surface area contributed by atoms with Crippen LogP contribution in [0.1, 0.15) is 15.9 Å². The normalized spacial score (nSPS) is 11.0. The van der Waals surface area contributed by atoms with Crippen LogP contribution in [-0.2, 0) is 9.59 Å². The number of anilines is 2. The highest BCUT2D eigenvalue weighted by molar-refractivity contribution is 8.00. The Balaban J connectivity index is 1.22. The first-order chi connectivity index (χ1) is 22.3. The number of rotatable bonds is 11. The van der Waals surface area contributed by atoms with E-state index in [4.69, 9.17) is 16.3 Å². The third-order valence-electron chi connectivity index (χ3n) is 6.40. The summed E-state index contributed by atoms with van der Waals surface area (Å²) in [6.07, 6.45) is 1.19. The maximum Gasteiger partial charge on any atom is 0.272 e. The van der Waals surface area contributed by atoms with Gasteiger partial charge in [-0.15, -0.1) is 11.8 Å². The molecule has 0 aliphatic carbocycles. The van der Waals surface area contributed by atoms with Crippen LogP contribution >= 0.6 is 23.4 Å². The van der Waals surface area contributed by atoms with Crippen molar-refractivity contribution in [3.63, 3.8) is 0 Å². The number of halogens is 2. The van der Waals surface area contributed by atoms with Gasteiger partial charge in [0.1, 0.15) is 23.0 Å². The van der Waals surface area contributed by atoms with Crippen molar-refractivity contribution in [2.45, 2.75) is 4.90 Å². The molecule has 0 fully saturated rings. The highest BCUT2D eigenvalue weighted by Gasteiger charge is 2.17. The number of carbonyl (C=O) groups is 3. The van der Waals surface area contributed by atoms with E-state index < -0.39 is 17.6 Å². The summed E-state index contributed by atoms with van der Waals surface area (Å²) in [6, 6.07) is 35.8. The molecule has 0 radical (unpaired) electrons. The lowest BCUT2D eigenvalue weighted by Gasteiger charge is -2.13. The highest BCUT2D eigenvalue weighted by atomic mass is 35.5. The summed E-state index contributed by atoms with van der Waals surface area (Å²) in [7, 11) is 0. The molecular weight excluding hydrogens is 625 g/mol. The molecule has 0 saturated carbocycles. The topological polar surface area (TPSA) is 96.5 Å². The summed E-state index contributed by atoms with van der Waals surface area (Å²) in [5, 5.41) is 8.23. The average molecular weight is 652 g/mol. The Morgan fingerprint density at radius 2 is 1.41 bits per heavy atom. The van der Waals surface area contributed by atoms with Crippen molar-refractivity contribution >= 4 is 58.5 Å². The Morgan fingerprint density at radius 3 is 2.13 bits per heavy atom. The second-order valence-corrected chi connectivity index (χ2v) is 11.2. The molecule has 7 nitrogen and oxygen atoms in total. The maximum absolute atomic E-state index is 14.6. The van der Waals surface area contributed by atoms with E-state index in [9.17, 15) is 18.8 Å². The Labute approximate surface area is 274 Å². The molecule has 10 heteroatoms. The van der Waals surface area contributed by atoms with Crippen LogP contribution in [0, 0.1) is 5.82 Å². The van der Waals surface area contributed by atoms with E-state index in [-0.39, 0.29) is 27.9 Å². The molecule has 5 aromatic rings. The minimum absolute atomic E-state index is 0.0450. The van der Waals surface area contributed by atoms with Gasteiger partial charge in [-0.25, -0.2) is 4.39 Å². The van der Waals surface area contributed by atoms with Crippen LogP contribution in [-0.4, -0.2) is 23.5 Å². The van der Waals surface area contributed by atoms with Crippen LogP contribution in [0.2, 0.25) is 5.02 Å². The van der Waals surface area contributed by atoms with Crippen molar-refractivity contribution in [2.75, 3.05) is 16.4 Å². The largest absolute Gasteiger partial charge is 0.457 e. The van der Waals surface area contributed by atoms with Crippen molar-refractivity contribution in [3.05, 3.63) is 155 Å². The molecule has 0 saturated heterocycles. The SMILES string of the molecule is O=C(CSc1cccc(NC(=O)/C(=C\c2c(F)cccc2Cl)NC(=O)c2ccccc2)c1)Nc1ccc(Oc2ccccc2)cc1. The van der Waals surface area contributed by atoms with E-state index in [0.29, 0.717) is 28.4 Å². The molecule has 5 rings (SSSR count). The minimum Gasteiger partial charge on any atom is -0.457 e. The predicted octanol–water partition coefficient (Wildman–Crippen LogP) is 8.41. The van der Waals surface area contributed by atoms with Crippen LogP contribution in [0.5, 0.6) is 11.5 Å². The van der Waals surface area contributed by atoms with Gasteiger partial charge in [0.15, 0.2) is 0 Å². The molecule has 3 amide bonds. The highest BCUT2D eigenvalue weighted by Crippen LogP contribution is 2.26. The van der Waals surface area contributed by atoms with Crippen LogP contribution in [0.15, 0.2) is 138 Å². The van der Waals surface area contributed by atoms with Gasteiger partial charge >= 0.3 is 0 Å². The zero-order chi connectivity index (χ0) is 32.3. The smallest absolute Gasteiger partial charge is 0.272 e. The molecule has 0 aliphatic rings. The van der Waals surface area contributed by atoms with E-state index in [1.807, 2.05) is 30.3 Å². The molecule has 46 heavy (non-hydrogen) atoms. The number of nitrogens with one attached hydrogen (secondary N) is 3. The lowest BCUT2D eigenvalue weighted by Crippen LogP contribution is -2.30. The third kappa shape index (κ3) is 9.07. The molecule has 0 aromatic heterocycles. The predicted molar refractivity (Wildman–Crippen MR) is 181 cm³/mol. The number of ether oxygens (including phenoxy) is 1. The van der Waals surface area contributed by atoms with Crippen molar-refractivity contribution in [2.24, 2.45) is 0 Å². The van der Waals surface area contributed by atoms with Gasteiger partial charge in [0.05, 0.1) is 10.8 Å². The van der Waals surface area contributed by atoms with Crippen molar-refractivity contribution in [1.29, 1.82) is 0 Å². The van der Waals surface area contributed by atoms with Gasteiger partial charge in [-0.05, 0) is 84.9 Å². The number of thioether (sulfide) groups is 1. The van der Waals surface area contributed by atoms with Gasteiger partial charge in [-0.1, -0.05) is 60.1 Å². The second kappa shape index (κ2) is 15.6. The van der Waals surface area contributed by atoms with Crippen LogP contribution < -0.4 is 20.7 Å². The molecule has 0 spiro atoms. The summed E-state index contributed by atoms with van der Waals surface area (Å²) in [5.41, 5.74) is 1.09. The van der Waals surface area contributed by atoms with Gasteiger partial charge in [0.25, 0.3) is 11.8 Å². The Bertz CT molecular complexity index is 1850. The molecule has 0 unspecified atom stereocenters. The van der Waals surface area contributed by atoms with E-state index in [1.54, 1.807) is 78.9 Å². The third-order valence-corrected chi connectivity index (χ3v) is 7.72. The number of hydrogen-bond donors (Lipinski definition) is 3. The number of para-hydroxylation sites is 1. The summed E-state index contributed by atoms with van der Waals surface area (Å²) < 4.78 is 20.4. The first-order valence-electron chi connectivity index (χ1n) is 14.0. The summed E-state index contributed by atoms with van der Waals surface area (Å²) in [5.74, 6) is -0.637. The molecule has 230 valence electrons. The van der Waals surface area contributed by atoms with Crippen molar-refractivity contribution < 1.29 is 23.5 Å². The lowest BCUT2D eigenvalue weighted by molar-refractivity contribution is -0.114. The fourth-order valence-corrected chi connectivity index (χ4v) is 5.15. The quantitative estimate of drug-likeness (QED) is 0.0984. The molecule has 3 N–H and O–H groups in total. The molecule has 0 aliphatic heterocycles. The monoisotopic (exact) mass is 651 g/mol. The van der Waals surface area contributed by atoms with Gasteiger partial charge in [-0.3, -0.25) is 14.4 Å². The minimum atomic E-state index is -0.691. The second-order valence-electron chi connectivity index (χ2n) is 9.77. The summed E-state index contributed by atoms with van der Waals surface area (Å²) >= 11 is 7.47. The van der Waals surface area contributed by atoms with E-state index >= 15 is 0 Å². The van der Waals surface area contributed by atoms with Crippen molar-refractivity contribution in [1.82, 2.24) is 5.32 Å². The average Bonchev–Trinajstić information content (AvgIpc) is 3.07. The van der Waals surface area contributed by atoms with Gasteiger partial charge in [0.2, 0.25) is 5.91 Å². The van der Waals surface area contributed by atoms with E-state index in [1.165, 1.54) is 36.0 Å². The number of hydrogen-bond acceptors (Lipinski definition) is 5. The standard InChI is InChI=1S/C36H27ClFN3O4S/c37-31-15-8-16-32(38)30(31)22-33(41-35(43)24-9-3-1-4-10-24)36(44)40-26-11-7-14-29(21-26)46-23-34(42)39-25-17-19-28(20-18-25)45-27-12-5-2-6-13-27/h1-22H,23H2,(H,39,42)(H,40,44)(H,41,43)/b33-22+. The molecule has 0 heterocycles. The Morgan fingerprint density at radius 1 is 0.739 bits per heavy atom. The molecule has 5 aromatic carbocycles. The van der Waals surface area contributed by atoms with Crippen LogP contribution in [0.25, 0.3) is 6.08 Å². The Kier molecular flexibility index (Phi) is 10.8. The number of amides is 3. The molecular formula is C36H27ClFN3O4S. The Hall–Kier alpha value is -5.38. The van der Waals surface area contributed by atoms with Gasteiger partial charge in [-0.2, -0.15) is 0 Å². The summed E-state index contributed by atoms with van der Waals surface area (Å²) in [4.78, 5) is 39.6. The zero-order valence-corrected chi connectivity index (χ0v) is 25.8. The fourth-order valence-electron chi connectivity index (χ4n) is 4.17. The van der Waals surface area contributed by atoms with Crippen molar-refractivity contribution in [3.8, 4) is 11.5 Å². The lowest BCUT2D eigenvalue weighted by atomic mass is 10.1. The van der Waals surface area contributed by atoms with E-state index in [0.717, 1.165) is 4.90 Å². The molecule has 0 atom stereocenters. The van der Waals surface area contributed by atoms with E-state index in [2.05, 4.69) is 16.0 Å². The summed E-state index contributed by atoms with van der Waals surface area (Å²) in [6.45, 7) is 0. The van der Waals surface area contributed by atoms with Crippen LogP contribution in [0.3, 0.4) is 0 Å². The first-order valence-corrected chi connectivity index (χ1v) is 15.4. The van der Waals surface area contributed by atoms with Gasteiger partial charge in [0, 0.05) is 27.4 Å². The number of benzene rings is 5. The zero-order valence-electron chi connectivity index (χ0n) is 24.2. The number of carbonyl (C=O) groups excluding carboxylic acids is 3. The maximum atomic E-state index is 14.6. The fraction of sp³-hybridized carbons (Fsp3) is 0.0278. The van der Waals surface area contributed by atoms with Gasteiger partial charge < -0.3 is 20.7 Å². The first kappa shape index (κ1) is 32.0.